The molecular weight excluding hydrogens is 106 g/mol. The molecular formula is C5H8NO2. The maximum Gasteiger partial charge on any atom is 0.322 e. The second-order valence-corrected chi connectivity index (χ2v) is 1.72. The van der Waals surface area contributed by atoms with E-state index < -0.39 is 0 Å². The molecule has 0 spiro atoms. The zero-order valence-electron chi connectivity index (χ0n) is 4.76. The molecule has 0 N–H and O–H groups in total. The Morgan fingerprint density at radius 1 is 1.75 bits per heavy atom. The number of hydrogen-bond donors (Lipinski definition) is 0. The van der Waals surface area contributed by atoms with Gasteiger partial charge in [0.2, 0.25) is 0 Å². The van der Waals surface area contributed by atoms with Crippen LogP contribution in [0.25, 0.3) is 0 Å². The van der Waals surface area contributed by atoms with Crippen LogP contribution in [0.15, 0.2) is 0 Å². The summed E-state index contributed by atoms with van der Waals surface area (Å²) in [5, 5.41) is 1.60. The van der Waals surface area contributed by atoms with Crippen molar-refractivity contribution in [2.45, 2.75) is 6.92 Å². The summed E-state index contributed by atoms with van der Waals surface area (Å²) in [5.41, 5.74) is 0. The van der Waals surface area contributed by atoms with Gasteiger partial charge in [-0.05, 0) is 6.42 Å². The van der Waals surface area contributed by atoms with E-state index in [1.165, 1.54) is 6.92 Å². The molecule has 1 aliphatic heterocycles. The highest BCUT2D eigenvalue weighted by Gasteiger charge is 2.16. The summed E-state index contributed by atoms with van der Waals surface area (Å²) in [4.78, 5) is 14.8. The lowest BCUT2D eigenvalue weighted by Gasteiger charge is -2.27. The lowest BCUT2D eigenvalue weighted by atomic mass is 10.3. The SMILES string of the molecule is CC(=O)ON1C[CH]C1. The molecule has 1 rings (SSSR count). The fraction of sp³-hybridized carbons (Fsp3) is 0.600. The highest BCUT2D eigenvalue weighted by Crippen LogP contribution is 2.03. The highest BCUT2D eigenvalue weighted by atomic mass is 16.7. The molecule has 0 atom stereocenters. The van der Waals surface area contributed by atoms with Crippen LogP contribution in [0, 0.1) is 6.42 Å². The standard InChI is InChI=1S/C5H8NO2/c1-5(7)8-6-3-2-4-6/h2H,3-4H2,1H3. The van der Waals surface area contributed by atoms with E-state index >= 15 is 0 Å². The summed E-state index contributed by atoms with van der Waals surface area (Å²) in [6, 6.07) is 0. The van der Waals surface area contributed by atoms with Crippen molar-refractivity contribution in [1.29, 1.82) is 0 Å². The van der Waals surface area contributed by atoms with E-state index in [0.717, 1.165) is 13.1 Å². The van der Waals surface area contributed by atoms with Gasteiger partial charge < -0.3 is 4.84 Å². The first-order valence-electron chi connectivity index (χ1n) is 2.54. The number of nitrogens with zero attached hydrogens (tertiary/aromatic N) is 1. The van der Waals surface area contributed by atoms with Crippen LogP contribution >= 0.6 is 0 Å². The van der Waals surface area contributed by atoms with E-state index in [9.17, 15) is 4.79 Å². The van der Waals surface area contributed by atoms with E-state index in [-0.39, 0.29) is 5.97 Å². The van der Waals surface area contributed by atoms with Crippen molar-refractivity contribution in [2.24, 2.45) is 0 Å². The van der Waals surface area contributed by atoms with Gasteiger partial charge in [0, 0.05) is 20.0 Å². The van der Waals surface area contributed by atoms with E-state index in [4.69, 9.17) is 0 Å². The average molecular weight is 114 g/mol. The minimum Gasteiger partial charge on any atom is -0.368 e. The third-order valence-electron chi connectivity index (χ3n) is 0.923. The first-order valence-corrected chi connectivity index (χ1v) is 2.54. The third-order valence-corrected chi connectivity index (χ3v) is 0.923. The molecule has 45 valence electrons. The van der Waals surface area contributed by atoms with Crippen molar-refractivity contribution in [1.82, 2.24) is 5.06 Å². The monoisotopic (exact) mass is 114 g/mol. The van der Waals surface area contributed by atoms with Crippen LogP contribution in [0.4, 0.5) is 0 Å². The predicted molar refractivity (Wildman–Crippen MR) is 27.6 cm³/mol. The van der Waals surface area contributed by atoms with Gasteiger partial charge in [-0.25, -0.2) is 0 Å². The fourth-order valence-corrected chi connectivity index (χ4v) is 0.491. The summed E-state index contributed by atoms with van der Waals surface area (Å²) in [7, 11) is 0. The molecule has 0 bridgehead atoms. The van der Waals surface area contributed by atoms with Crippen LogP contribution in [0.2, 0.25) is 0 Å². The Bertz CT molecular complexity index is 98.6. The molecule has 0 aromatic heterocycles. The highest BCUT2D eigenvalue weighted by molar-refractivity contribution is 5.65. The third kappa shape index (κ3) is 1.20. The lowest BCUT2D eigenvalue weighted by molar-refractivity contribution is -0.194. The van der Waals surface area contributed by atoms with E-state index in [1.54, 1.807) is 5.06 Å². The normalized spacial score (nSPS) is 19.6. The molecule has 0 unspecified atom stereocenters. The summed E-state index contributed by atoms with van der Waals surface area (Å²) < 4.78 is 0. The van der Waals surface area contributed by atoms with Crippen LogP contribution in [0.5, 0.6) is 0 Å². The lowest BCUT2D eigenvalue weighted by Crippen LogP contribution is -2.38. The maximum absolute atomic E-state index is 10.2. The first-order chi connectivity index (χ1) is 3.79. The average Bonchev–Trinajstić information content (AvgIpc) is 1.55. The Morgan fingerprint density at radius 3 is 2.50 bits per heavy atom. The summed E-state index contributed by atoms with van der Waals surface area (Å²) >= 11 is 0. The number of rotatable bonds is 1. The van der Waals surface area contributed by atoms with Gasteiger partial charge in [0.1, 0.15) is 0 Å². The van der Waals surface area contributed by atoms with Crippen molar-refractivity contribution in [3.05, 3.63) is 6.42 Å². The van der Waals surface area contributed by atoms with Crippen LogP contribution in [0.1, 0.15) is 6.92 Å². The first kappa shape index (κ1) is 5.56. The van der Waals surface area contributed by atoms with Crippen LogP contribution in [-0.2, 0) is 9.63 Å². The number of hydrogen-bond acceptors (Lipinski definition) is 3. The summed E-state index contributed by atoms with van der Waals surface area (Å²) in [6.45, 7) is 2.96. The molecule has 0 aliphatic carbocycles. The van der Waals surface area contributed by atoms with Crippen molar-refractivity contribution in [2.75, 3.05) is 13.1 Å². The second-order valence-electron chi connectivity index (χ2n) is 1.72. The molecule has 8 heavy (non-hydrogen) atoms. The van der Waals surface area contributed by atoms with Gasteiger partial charge in [0.15, 0.2) is 0 Å². The Morgan fingerprint density at radius 2 is 2.38 bits per heavy atom. The van der Waals surface area contributed by atoms with Gasteiger partial charge in [-0.1, -0.05) is 0 Å². The van der Waals surface area contributed by atoms with Gasteiger partial charge in [-0.15, -0.1) is 5.06 Å². The van der Waals surface area contributed by atoms with Crippen molar-refractivity contribution in [3.8, 4) is 0 Å². The summed E-state index contributed by atoms with van der Waals surface area (Å²) in [5.74, 6) is -0.238. The predicted octanol–water partition coefficient (Wildman–Crippen LogP) is -0.0156. The van der Waals surface area contributed by atoms with Gasteiger partial charge in [-0.2, -0.15) is 0 Å². The Balaban J connectivity index is 2.09. The van der Waals surface area contributed by atoms with Gasteiger partial charge in [-0.3, -0.25) is 4.79 Å². The Labute approximate surface area is 48.2 Å². The minimum absolute atomic E-state index is 0.238. The largest absolute Gasteiger partial charge is 0.368 e. The van der Waals surface area contributed by atoms with Crippen molar-refractivity contribution < 1.29 is 9.63 Å². The molecule has 3 heteroatoms. The topological polar surface area (TPSA) is 29.5 Å². The number of carbonyl (C=O) groups excluding carboxylic acids is 1. The molecule has 1 radical (unpaired) electrons. The number of carbonyl (C=O) groups is 1. The zero-order valence-corrected chi connectivity index (χ0v) is 4.76. The molecule has 0 amide bonds. The molecule has 1 fully saturated rings. The smallest absolute Gasteiger partial charge is 0.322 e. The molecule has 3 nitrogen and oxygen atoms in total. The quantitative estimate of drug-likeness (QED) is 0.480. The van der Waals surface area contributed by atoms with Gasteiger partial charge in [0.05, 0.1) is 0 Å². The second kappa shape index (κ2) is 2.13. The van der Waals surface area contributed by atoms with E-state index in [2.05, 4.69) is 4.84 Å². The van der Waals surface area contributed by atoms with Crippen LogP contribution in [-0.4, -0.2) is 24.1 Å². The Kier molecular flexibility index (Phi) is 1.48. The number of hydroxylamine groups is 2. The molecule has 0 saturated carbocycles. The van der Waals surface area contributed by atoms with Crippen molar-refractivity contribution in [3.63, 3.8) is 0 Å². The van der Waals surface area contributed by atoms with Crippen LogP contribution in [0.3, 0.4) is 0 Å². The molecule has 1 saturated heterocycles. The van der Waals surface area contributed by atoms with Gasteiger partial charge in [0.25, 0.3) is 0 Å². The molecule has 1 heterocycles. The minimum atomic E-state index is -0.238. The van der Waals surface area contributed by atoms with Gasteiger partial charge >= 0.3 is 5.97 Å². The van der Waals surface area contributed by atoms with E-state index in [1.807, 2.05) is 6.42 Å². The maximum atomic E-state index is 10.2. The zero-order chi connectivity index (χ0) is 5.98. The molecule has 0 aromatic carbocycles. The van der Waals surface area contributed by atoms with Crippen molar-refractivity contribution >= 4 is 5.97 Å². The molecule has 0 aromatic rings. The van der Waals surface area contributed by atoms with E-state index in [0.29, 0.717) is 0 Å². The summed E-state index contributed by atoms with van der Waals surface area (Å²) in [6.07, 6.45) is 2.03. The Hall–Kier alpha value is -0.570. The van der Waals surface area contributed by atoms with Crippen LogP contribution < -0.4 is 0 Å². The molecule has 1 aliphatic rings. The fourth-order valence-electron chi connectivity index (χ4n) is 0.491.